The SMILES string of the molecule is CNCCCOc1cc2ncnc(Nc3ccc(Br)cc3F)c2cc1N. The molecule has 26 heavy (non-hydrogen) atoms. The molecule has 3 aromatic rings. The van der Waals surface area contributed by atoms with Gasteiger partial charge < -0.3 is 21.1 Å². The summed E-state index contributed by atoms with van der Waals surface area (Å²) in [4.78, 5) is 8.48. The van der Waals surface area contributed by atoms with Gasteiger partial charge in [-0.3, -0.25) is 0 Å². The van der Waals surface area contributed by atoms with Gasteiger partial charge in [-0.15, -0.1) is 0 Å². The number of ether oxygens (including phenoxy) is 1. The molecule has 8 heteroatoms. The second kappa shape index (κ2) is 8.29. The number of nitrogens with two attached hydrogens (primary N) is 1. The number of aromatic nitrogens is 2. The standard InChI is InChI=1S/C18H19BrFN5O/c1-22-5-2-6-26-17-9-16-12(8-14(17)21)18(24-10-23-16)25-15-4-3-11(19)7-13(15)20/h3-4,7-10,22H,2,5-6,21H2,1H3,(H,23,24,25). The molecule has 0 saturated carbocycles. The molecular weight excluding hydrogens is 401 g/mol. The van der Waals surface area contributed by atoms with Crippen LogP contribution in [0.25, 0.3) is 10.9 Å². The largest absolute Gasteiger partial charge is 0.491 e. The third kappa shape index (κ3) is 4.20. The van der Waals surface area contributed by atoms with E-state index in [1.165, 1.54) is 12.4 Å². The molecule has 4 N–H and O–H groups in total. The minimum Gasteiger partial charge on any atom is -0.491 e. The molecular formula is C18H19BrFN5O. The number of fused-ring (bicyclic) bond motifs is 1. The van der Waals surface area contributed by atoms with Crippen LogP contribution in [0.4, 0.5) is 21.6 Å². The maximum absolute atomic E-state index is 14.1. The number of hydrogen-bond donors (Lipinski definition) is 3. The summed E-state index contributed by atoms with van der Waals surface area (Å²) in [6.45, 7) is 1.42. The van der Waals surface area contributed by atoms with Gasteiger partial charge in [-0.25, -0.2) is 14.4 Å². The molecule has 0 aliphatic heterocycles. The molecule has 0 aliphatic carbocycles. The summed E-state index contributed by atoms with van der Waals surface area (Å²) in [5.41, 5.74) is 7.58. The molecule has 0 saturated heterocycles. The van der Waals surface area contributed by atoms with Crippen LogP contribution in [0, 0.1) is 5.82 Å². The second-order valence-corrected chi connectivity index (χ2v) is 6.60. The zero-order valence-corrected chi connectivity index (χ0v) is 15.8. The van der Waals surface area contributed by atoms with Gasteiger partial charge >= 0.3 is 0 Å². The number of hydrogen-bond acceptors (Lipinski definition) is 6. The van der Waals surface area contributed by atoms with E-state index in [-0.39, 0.29) is 5.82 Å². The van der Waals surface area contributed by atoms with Crippen molar-refractivity contribution in [3.05, 3.63) is 46.9 Å². The van der Waals surface area contributed by atoms with Crippen LogP contribution in [0.2, 0.25) is 0 Å². The third-order valence-electron chi connectivity index (χ3n) is 3.78. The fourth-order valence-electron chi connectivity index (χ4n) is 2.47. The Labute approximate surface area is 159 Å². The van der Waals surface area contributed by atoms with Gasteiger partial charge in [0.15, 0.2) is 0 Å². The van der Waals surface area contributed by atoms with E-state index >= 15 is 0 Å². The second-order valence-electron chi connectivity index (χ2n) is 5.68. The Hall–Kier alpha value is -2.45. The lowest BCUT2D eigenvalue weighted by atomic mass is 10.2. The minimum atomic E-state index is -0.386. The fraction of sp³-hybridized carbons (Fsp3) is 0.222. The molecule has 0 spiro atoms. The predicted molar refractivity (Wildman–Crippen MR) is 105 cm³/mol. The summed E-state index contributed by atoms with van der Waals surface area (Å²) in [6, 6.07) is 8.28. The number of halogens is 2. The number of nitrogens with one attached hydrogen (secondary N) is 2. The number of rotatable bonds is 7. The lowest BCUT2D eigenvalue weighted by molar-refractivity contribution is 0.312. The summed E-state index contributed by atoms with van der Waals surface area (Å²) in [7, 11) is 1.89. The van der Waals surface area contributed by atoms with Crippen molar-refractivity contribution in [2.75, 3.05) is 31.2 Å². The normalized spacial score (nSPS) is 10.9. The quantitative estimate of drug-likeness (QED) is 0.398. The first-order chi connectivity index (χ1) is 12.6. The van der Waals surface area contributed by atoms with E-state index in [2.05, 4.69) is 36.5 Å². The molecule has 0 atom stereocenters. The first-order valence-corrected chi connectivity index (χ1v) is 8.91. The molecule has 0 radical (unpaired) electrons. The van der Waals surface area contributed by atoms with Crippen LogP contribution in [0.3, 0.4) is 0 Å². The first-order valence-electron chi connectivity index (χ1n) is 8.12. The zero-order valence-electron chi connectivity index (χ0n) is 14.2. The molecule has 0 bridgehead atoms. The van der Waals surface area contributed by atoms with E-state index in [0.29, 0.717) is 44.9 Å². The Kier molecular flexibility index (Phi) is 5.85. The number of nitrogen functional groups attached to an aromatic ring is 1. The predicted octanol–water partition coefficient (Wildman–Crippen LogP) is 3.85. The van der Waals surface area contributed by atoms with Crippen molar-refractivity contribution in [3.8, 4) is 5.75 Å². The van der Waals surface area contributed by atoms with E-state index in [9.17, 15) is 4.39 Å². The number of anilines is 3. The van der Waals surface area contributed by atoms with E-state index in [1.54, 1.807) is 24.3 Å². The molecule has 1 heterocycles. The molecule has 6 nitrogen and oxygen atoms in total. The Morgan fingerprint density at radius 3 is 2.85 bits per heavy atom. The van der Waals surface area contributed by atoms with Crippen LogP contribution in [0.5, 0.6) is 5.75 Å². The monoisotopic (exact) mass is 419 g/mol. The summed E-state index contributed by atoms with van der Waals surface area (Å²) in [5.74, 6) is 0.668. The maximum atomic E-state index is 14.1. The zero-order chi connectivity index (χ0) is 18.5. The Morgan fingerprint density at radius 2 is 2.08 bits per heavy atom. The highest BCUT2D eigenvalue weighted by atomic mass is 79.9. The Morgan fingerprint density at radius 1 is 1.23 bits per heavy atom. The molecule has 1 aromatic heterocycles. The van der Waals surface area contributed by atoms with Gasteiger partial charge in [0, 0.05) is 15.9 Å². The maximum Gasteiger partial charge on any atom is 0.147 e. The van der Waals surface area contributed by atoms with Gasteiger partial charge in [0.1, 0.15) is 23.7 Å². The molecule has 0 unspecified atom stereocenters. The Bertz CT molecular complexity index is 921. The lowest BCUT2D eigenvalue weighted by Crippen LogP contribution is -2.12. The van der Waals surface area contributed by atoms with Gasteiger partial charge in [0.25, 0.3) is 0 Å². The van der Waals surface area contributed by atoms with E-state index in [4.69, 9.17) is 10.5 Å². The summed E-state index contributed by atoms with van der Waals surface area (Å²) in [6.07, 6.45) is 2.29. The van der Waals surface area contributed by atoms with E-state index in [0.717, 1.165) is 13.0 Å². The third-order valence-corrected chi connectivity index (χ3v) is 4.27. The van der Waals surface area contributed by atoms with Crippen molar-refractivity contribution in [1.29, 1.82) is 0 Å². The van der Waals surface area contributed by atoms with E-state index < -0.39 is 0 Å². The molecule has 0 amide bonds. The fourth-order valence-corrected chi connectivity index (χ4v) is 2.81. The average Bonchev–Trinajstić information content (AvgIpc) is 2.62. The summed E-state index contributed by atoms with van der Waals surface area (Å²) in [5, 5.41) is 6.75. The van der Waals surface area contributed by atoms with Crippen molar-refractivity contribution in [2.24, 2.45) is 0 Å². The molecule has 0 aliphatic rings. The highest BCUT2D eigenvalue weighted by Crippen LogP contribution is 2.32. The van der Waals surface area contributed by atoms with Crippen molar-refractivity contribution < 1.29 is 9.13 Å². The topological polar surface area (TPSA) is 85.1 Å². The molecule has 2 aromatic carbocycles. The average molecular weight is 420 g/mol. The van der Waals surface area contributed by atoms with Crippen LogP contribution in [0.15, 0.2) is 41.1 Å². The molecule has 0 fully saturated rings. The van der Waals surface area contributed by atoms with Crippen LogP contribution < -0.4 is 21.1 Å². The smallest absolute Gasteiger partial charge is 0.147 e. The first kappa shape index (κ1) is 18.3. The van der Waals surface area contributed by atoms with Gasteiger partial charge in [-0.1, -0.05) is 15.9 Å². The van der Waals surface area contributed by atoms with Crippen LogP contribution in [-0.2, 0) is 0 Å². The molecule has 3 rings (SSSR count). The molecule has 136 valence electrons. The Balaban J connectivity index is 1.89. The van der Waals surface area contributed by atoms with E-state index in [1.807, 2.05) is 7.05 Å². The highest BCUT2D eigenvalue weighted by molar-refractivity contribution is 9.10. The van der Waals surface area contributed by atoms with Gasteiger partial charge in [-0.2, -0.15) is 0 Å². The van der Waals surface area contributed by atoms with Crippen molar-refractivity contribution in [3.63, 3.8) is 0 Å². The van der Waals surface area contributed by atoms with Crippen LogP contribution >= 0.6 is 15.9 Å². The van der Waals surface area contributed by atoms with Crippen LogP contribution in [0.1, 0.15) is 6.42 Å². The van der Waals surface area contributed by atoms with Crippen molar-refractivity contribution in [2.45, 2.75) is 6.42 Å². The van der Waals surface area contributed by atoms with Gasteiger partial charge in [-0.05, 0) is 44.3 Å². The van der Waals surface area contributed by atoms with Crippen LogP contribution in [-0.4, -0.2) is 30.2 Å². The van der Waals surface area contributed by atoms with Gasteiger partial charge in [0.2, 0.25) is 0 Å². The van der Waals surface area contributed by atoms with Crippen molar-refractivity contribution in [1.82, 2.24) is 15.3 Å². The number of nitrogens with zero attached hydrogens (tertiary/aromatic N) is 2. The minimum absolute atomic E-state index is 0.319. The van der Waals surface area contributed by atoms with Gasteiger partial charge in [0.05, 0.1) is 23.5 Å². The highest BCUT2D eigenvalue weighted by Gasteiger charge is 2.11. The van der Waals surface area contributed by atoms with Crippen molar-refractivity contribution >= 4 is 44.0 Å². The number of benzene rings is 2. The lowest BCUT2D eigenvalue weighted by Gasteiger charge is -2.13. The summed E-state index contributed by atoms with van der Waals surface area (Å²) < 4.78 is 20.5. The summed E-state index contributed by atoms with van der Waals surface area (Å²) >= 11 is 3.24.